The van der Waals surface area contributed by atoms with Gasteiger partial charge in [-0.25, -0.2) is 0 Å². The van der Waals surface area contributed by atoms with E-state index in [4.69, 9.17) is 0 Å². The van der Waals surface area contributed by atoms with Crippen molar-refractivity contribution >= 4 is 43.6 Å². The molecule has 0 unspecified atom stereocenters. The Bertz CT molecular complexity index is 3370. The molecule has 296 valence electrons. The highest BCUT2D eigenvalue weighted by Crippen LogP contribution is 2.46. The number of para-hydroxylation sites is 1. The van der Waals surface area contributed by atoms with Crippen molar-refractivity contribution in [2.75, 3.05) is 0 Å². The topological polar surface area (TPSA) is 9.86 Å². The van der Waals surface area contributed by atoms with Crippen LogP contribution in [0.5, 0.6) is 0 Å². The molecule has 0 N–H and O–H groups in total. The molecular weight excluding hydrogens is 761 g/mol. The van der Waals surface area contributed by atoms with E-state index in [0.717, 1.165) is 11.4 Å². The number of hydrogen-bond acceptors (Lipinski definition) is 0. The van der Waals surface area contributed by atoms with Crippen LogP contribution >= 0.6 is 0 Å². The number of aromatic nitrogens is 2. The van der Waals surface area contributed by atoms with Gasteiger partial charge in [-0.3, -0.25) is 0 Å². The van der Waals surface area contributed by atoms with E-state index in [2.05, 4.69) is 264 Å². The van der Waals surface area contributed by atoms with Crippen LogP contribution in [0.1, 0.15) is 22.3 Å². The average Bonchev–Trinajstić information content (AvgIpc) is 3.88. The third-order valence-electron chi connectivity index (χ3n) is 13.1. The summed E-state index contributed by atoms with van der Waals surface area (Å²) in [7, 11) is 0. The molecular formula is C61H42N2. The summed E-state index contributed by atoms with van der Waals surface area (Å²) in [5, 5.41) is 4.92. The summed E-state index contributed by atoms with van der Waals surface area (Å²) in [5.74, 6) is 0. The maximum absolute atomic E-state index is 2.45. The lowest BCUT2D eigenvalue weighted by molar-refractivity contribution is 0.745. The Hall–Kier alpha value is -8.20. The van der Waals surface area contributed by atoms with Crippen molar-refractivity contribution in [1.29, 1.82) is 0 Å². The normalized spacial score (nSPS) is 11.8. The highest BCUT2D eigenvalue weighted by atomic mass is 15.0. The summed E-state index contributed by atoms with van der Waals surface area (Å²) < 4.78 is 4.88. The van der Waals surface area contributed by atoms with Gasteiger partial charge in [0.15, 0.2) is 0 Å². The fourth-order valence-electron chi connectivity index (χ4n) is 10.2. The minimum atomic E-state index is -0.510. The Balaban J connectivity index is 1.03. The van der Waals surface area contributed by atoms with E-state index in [1.807, 2.05) is 0 Å². The molecule has 12 aromatic rings. The van der Waals surface area contributed by atoms with Crippen LogP contribution in [0.4, 0.5) is 0 Å². The van der Waals surface area contributed by atoms with Gasteiger partial charge in [0.2, 0.25) is 0 Å². The first-order valence-electron chi connectivity index (χ1n) is 21.8. The highest BCUT2D eigenvalue weighted by Gasteiger charge is 2.38. The third-order valence-corrected chi connectivity index (χ3v) is 13.1. The van der Waals surface area contributed by atoms with Crippen molar-refractivity contribution in [3.05, 3.63) is 277 Å². The van der Waals surface area contributed by atoms with Gasteiger partial charge in [0.25, 0.3) is 0 Å². The lowest BCUT2D eigenvalue weighted by Crippen LogP contribution is -2.30. The van der Waals surface area contributed by atoms with Crippen molar-refractivity contribution in [1.82, 2.24) is 9.13 Å². The van der Waals surface area contributed by atoms with Crippen LogP contribution in [-0.2, 0) is 5.41 Å². The van der Waals surface area contributed by atoms with Crippen LogP contribution in [-0.4, -0.2) is 9.13 Å². The molecule has 0 fully saturated rings. The SMILES string of the molecule is c1ccc(-c2ccc3c(c2)c2cc(-c4ccccc4)ccc2n3-c2ccc3c(c2)c2ccccc2n3-c2ccc(C(c3ccccc3)(c3ccccc3)c3ccccc3)cc2)cc1. The largest absolute Gasteiger partial charge is 0.309 e. The van der Waals surface area contributed by atoms with E-state index >= 15 is 0 Å². The fourth-order valence-corrected chi connectivity index (χ4v) is 10.2. The number of fused-ring (bicyclic) bond motifs is 6. The van der Waals surface area contributed by atoms with Gasteiger partial charge in [-0.2, -0.15) is 0 Å². The molecule has 0 spiro atoms. The van der Waals surface area contributed by atoms with Gasteiger partial charge in [-0.1, -0.05) is 194 Å². The van der Waals surface area contributed by atoms with Gasteiger partial charge in [-0.15, -0.1) is 0 Å². The van der Waals surface area contributed by atoms with Crippen molar-refractivity contribution in [2.45, 2.75) is 5.41 Å². The second-order valence-electron chi connectivity index (χ2n) is 16.5. The van der Waals surface area contributed by atoms with Gasteiger partial charge >= 0.3 is 0 Å². The summed E-state index contributed by atoms with van der Waals surface area (Å²) in [6.07, 6.45) is 0. The van der Waals surface area contributed by atoms with Crippen LogP contribution in [0.3, 0.4) is 0 Å². The summed E-state index contributed by atoms with van der Waals surface area (Å²) in [4.78, 5) is 0. The second kappa shape index (κ2) is 15.1. The van der Waals surface area contributed by atoms with E-state index in [1.54, 1.807) is 0 Å². The van der Waals surface area contributed by atoms with Crippen LogP contribution in [0.2, 0.25) is 0 Å². The quantitative estimate of drug-likeness (QED) is 0.135. The fraction of sp³-hybridized carbons (Fsp3) is 0.0164. The Morgan fingerprint density at radius 2 is 0.571 bits per heavy atom. The maximum Gasteiger partial charge on any atom is 0.0701 e. The average molecular weight is 803 g/mol. The molecule has 0 radical (unpaired) electrons. The Morgan fingerprint density at radius 1 is 0.222 bits per heavy atom. The van der Waals surface area contributed by atoms with Crippen molar-refractivity contribution in [3.8, 4) is 33.6 Å². The number of rotatable bonds is 8. The molecule has 12 rings (SSSR count). The van der Waals surface area contributed by atoms with Crippen molar-refractivity contribution < 1.29 is 0 Å². The van der Waals surface area contributed by atoms with Crippen molar-refractivity contribution in [2.24, 2.45) is 0 Å². The first-order valence-corrected chi connectivity index (χ1v) is 21.8. The summed E-state index contributed by atoms with van der Waals surface area (Å²) in [6.45, 7) is 0. The number of benzene rings is 10. The van der Waals surface area contributed by atoms with E-state index in [1.165, 1.54) is 88.1 Å². The van der Waals surface area contributed by atoms with Gasteiger partial charge < -0.3 is 9.13 Å². The summed E-state index contributed by atoms with van der Waals surface area (Å²) in [6, 6.07) is 93.2. The molecule has 63 heavy (non-hydrogen) atoms. The molecule has 2 heteroatoms. The number of hydrogen-bond donors (Lipinski definition) is 0. The van der Waals surface area contributed by atoms with Crippen LogP contribution in [0.25, 0.3) is 77.2 Å². The standard InChI is InChI=1S/C61H42N2/c1-6-18-43(19-7-1)45-30-37-58-54(40-45)55-41-46(44-20-8-2-9-21-44)31-38-59(55)63(58)52-36-39-60-56(42-52)53-28-16-17-29-57(53)62(60)51-34-32-50(33-35-51)61(47-22-10-3-11-23-47,48-24-12-4-13-25-48)49-26-14-5-15-27-49/h1-42H. The van der Waals surface area contributed by atoms with Gasteiger partial charge in [-0.05, 0) is 105 Å². The third kappa shape index (κ3) is 5.95. The molecule has 0 amide bonds. The molecule has 0 saturated carbocycles. The monoisotopic (exact) mass is 802 g/mol. The molecule has 0 bridgehead atoms. The summed E-state index contributed by atoms with van der Waals surface area (Å²) in [5.41, 5.74) is 16.3. The molecule has 2 heterocycles. The van der Waals surface area contributed by atoms with Crippen molar-refractivity contribution in [3.63, 3.8) is 0 Å². The number of nitrogens with zero attached hydrogens (tertiary/aromatic N) is 2. The molecule has 0 atom stereocenters. The Morgan fingerprint density at radius 3 is 1.06 bits per heavy atom. The molecule has 10 aromatic carbocycles. The Labute approximate surface area is 367 Å². The zero-order valence-electron chi connectivity index (χ0n) is 34.6. The smallest absolute Gasteiger partial charge is 0.0701 e. The molecule has 0 saturated heterocycles. The van der Waals surface area contributed by atoms with Crippen LogP contribution < -0.4 is 0 Å². The van der Waals surface area contributed by atoms with E-state index in [0.29, 0.717) is 0 Å². The molecule has 0 aliphatic carbocycles. The first-order chi connectivity index (χ1) is 31.3. The lowest BCUT2D eigenvalue weighted by atomic mass is 9.65. The first kappa shape index (κ1) is 36.6. The molecule has 2 nitrogen and oxygen atoms in total. The van der Waals surface area contributed by atoms with Crippen LogP contribution in [0.15, 0.2) is 255 Å². The zero-order chi connectivity index (χ0) is 41.7. The predicted molar refractivity (Wildman–Crippen MR) is 264 cm³/mol. The van der Waals surface area contributed by atoms with E-state index in [-0.39, 0.29) is 0 Å². The van der Waals surface area contributed by atoms with Gasteiger partial charge in [0.05, 0.1) is 27.5 Å². The van der Waals surface area contributed by atoms with E-state index < -0.39 is 5.41 Å². The predicted octanol–water partition coefficient (Wildman–Crippen LogP) is 15.6. The Kier molecular flexibility index (Phi) is 8.76. The molecule has 0 aliphatic heterocycles. The van der Waals surface area contributed by atoms with Gasteiger partial charge in [0.1, 0.15) is 0 Å². The van der Waals surface area contributed by atoms with Crippen LogP contribution in [0, 0.1) is 0 Å². The molecule has 0 aliphatic rings. The highest BCUT2D eigenvalue weighted by molar-refractivity contribution is 6.13. The maximum atomic E-state index is 2.45. The lowest BCUT2D eigenvalue weighted by Gasteiger charge is -2.37. The van der Waals surface area contributed by atoms with E-state index in [9.17, 15) is 0 Å². The second-order valence-corrected chi connectivity index (χ2v) is 16.5. The van der Waals surface area contributed by atoms with Gasteiger partial charge in [0, 0.05) is 32.9 Å². The minimum absolute atomic E-state index is 0.510. The summed E-state index contributed by atoms with van der Waals surface area (Å²) >= 11 is 0. The minimum Gasteiger partial charge on any atom is -0.309 e. The zero-order valence-corrected chi connectivity index (χ0v) is 34.6. The molecule has 2 aromatic heterocycles.